The first-order valence-corrected chi connectivity index (χ1v) is 16.5. The summed E-state index contributed by atoms with van der Waals surface area (Å²) in [4.78, 5) is 0.256. The summed E-state index contributed by atoms with van der Waals surface area (Å²) in [5.41, 5.74) is 1.54. The van der Waals surface area contributed by atoms with Crippen LogP contribution in [-0.2, 0) is 25.5 Å². The zero-order valence-electron chi connectivity index (χ0n) is 20.2. The quantitative estimate of drug-likeness (QED) is 0.288. The van der Waals surface area contributed by atoms with Gasteiger partial charge >= 0.3 is 0 Å². The first-order valence-electron chi connectivity index (χ1n) is 12.0. The van der Waals surface area contributed by atoms with Gasteiger partial charge in [0.05, 0.1) is 21.5 Å². The van der Waals surface area contributed by atoms with Crippen molar-refractivity contribution in [3.8, 4) is 0 Å². The van der Waals surface area contributed by atoms with E-state index in [-0.39, 0.29) is 16.3 Å². The Morgan fingerprint density at radius 3 is 2.18 bits per heavy atom. The number of rotatable bonds is 7. The molecule has 200 valence electrons. The van der Waals surface area contributed by atoms with Crippen molar-refractivity contribution in [1.29, 1.82) is 0 Å². The molecule has 1 heterocycles. The van der Waals surface area contributed by atoms with Crippen LogP contribution < -0.4 is 9.03 Å². The van der Waals surface area contributed by atoms with Crippen molar-refractivity contribution in [3.05, 3.63) is 99.0 Å². The number of hydrogen-bond donors (Lipinski definition) is 1. The maximum Gasteiger partial charge on any atom is 0.264 e. The number of anilines is 1. The van der Waals surface area contributed by atoms with Crippen molar-refractivity contribution in [1.82, 2.24) is 4.72 Å². The Kier molecular flexibility index (Phi) is 7.47. The van der Waals surface area contributed by atoms with Crippen LogP contribution in [0.4, 0.5) is 5.69 Å². The fourth-order valence-electron chi connectivity index (χ4n) is 5.70. The maximum atomic E-state index is 14.1. The van der Waals surface area contributed by atoms with Gasteiger partial charge in [-0.2, -0.15) is 0 Å². The molecule has 1 aliphatic heterocycles. The van der Waals surface area contributed by atoms with Gasteiger partial charge in [-0.15, -0.1) is 0 Å². The molecule has 0 saturated heterocycles. The zero-order valence-corrected chi connectivity index (χ0v) is 24.9. The van der Waals surface area contributed by atoms with Gasteiger partial charge < -0.3 is 0 Å². The van der Waals surface area contributed by atoms with E-state index in [0.29, 0.717) is 28.6 Å². The molecule has 11 heteroatoms. The van der Waals surface area contributed by atoms with Crippen LogP contribution in [0.5, 0.6) is 0 Å². The minimum atomic E-state index is -3.95. The van der Waals surface area contributed by atoms with Crippen molar-refractivity contribution in [2.75, 3.05) is 10.8 Å². The number of fused-ring (bicyclic) bond motifs is 3. The Bertz CT molecular complexity index is 1610. The highest BCUT2D eigenvalue weighted by molar-refractivity contribution is 9.10. The molecular formula is C27H25BrCl2N2O4S2. The molecule has 0 amide bonds. The molecule has 0 bridgehead atoms. The van der Waals surface area contributed by atoms with Crippen LogP contribution in [0.15, 0.2) is 93.1 Å². The lowest BCUT2D eigenvalue weighted by Crippen LogP contribution is -2.51. The molecule has 1 fully saturated rings. The molecule has 1 aliphatic carbocycles. The molecule has 38 heavy (non-hydrogen) atoms. The van der Waals surface area contributed by atoms with Gasteiger partial charge in [-0.25, -0.2) is 21.6 Å². The van der Waals surface area contributed by atoms with Crippen LogP contribution >= 0.6 is 39.1 Å². The minimum Gasteiger partial charge on any atom is -0.262 e. The summed E-state index contributed by atoms with van der Waals surface area (Å²) in [7, 11) is -7.74. The average Bonchev–Trinajstić information content (AvgIpc) is 3.16. The van der Waals surface area contributed by atoms with E-state index in [1.165, 1.54) is 40.7 Å². The van der Waals surface area contributed by atoms with Crippen molar-refractivity contribution in [3.63, 3.8) is 0 Å². The van der Waals surface area contributed by atoms with Crippen LogP contribution in [0.2, 0.25) is 10.0 Å². The number of hydrogen-bond acceptors (Lipinski definition) is 4. The number of nitrogens with zero attached hydrogens (tertiary/aromatic N) is 1. The second kappa shape index (κ2) is 10.3. The molecule has 2 atom stereocenters. The molecule has 1 saturated carbocycles. The highest BCUT2D eigenvalue weighted by Gasteiger charge is 2.56. The molecule has 0 unspecified atom stereocenters. The Morgan fingerprint density at radius 2 is 1.55 bits per heavy atom. The van der Waals surface area contributed by atoms with Crippen molar-refractivity contribution >= 4 is 64.9 Å². The van der Waals surface area contributed by atoms with Crippen molar-refractivity contribution in [2.24, 2.45) is 0 Å². The SMILES string of the molecule is C=C1CCC[C@@H]2N(S(=O)(=O)c3ccc(Cl)cc3)c3ccc(Br)cc3[C@]12CCNS(=O)(=O)c1ccc(Cl)cc1. The number of benzene rings is 3. The topological polar surface area (TPSA) is 83.6 Å². The minimum absolute atomic E-state index is 0.0985. The first kappa shape index (κ1) is 27.7. The molecule has 2 aliphatic rings. The van der Waals surface area contributed by atoms with Gasteiger partial charge in [0.1, 0.15) is 0 Å². The van der Waals surface area contributed by atoms with Gasteiger partial charge in [-0.05, 0) is 98.0 Å². The number of sulfonamides is 2. The summed E-state index contributed by atoms with van der Waals surface area (Å²) in [5, 5.41) is 0.891. The summed E-state index contributed by atoms with van der Waals surface area (Å²) < 4.78 is 59.1. The van der Waals surface area contributed by atoms with Crippen LogP contribution in [0.25, 0.3) is 0 Å². The Balaban J connectivity index is 1.56. The summed E-state index contributed by atoms with van der Waals surface area (Å²) in [5.74, 6) is 0. The van der Waals surface area contributed by atoms with E-state index in [9.17, 15) is 16.8 Å². The van der Waals surface area contributed by atoms with Gasteiger partial charge in [0.2, 0.25) is 10.0 Å². The van der Waals surface area contributed by atoms with E-state index in [2.05, 4.69) is 27.2 Å². The van der Waals surface area contributed by atoms with Gasteiger partial charge in [-0.1, -0.05) is 51.3 Å². The largest absolute Gasteiger partial charge is 0.264 e. The smallest absolute Gasteiger partial charge is 0.262 e. The Labute approximate surface area is 241 Å². The van der Waals surface area contributed by atoms with Gasteiger partial charge in [0.15, 0.2) is 0 Å². The Morgan fingerprint density at radius 1 is 0.947 bits per heavy atom. The number of nitrogens with one attached hydrogen (secondary N) is 1. The van der Waals surface area contributed by atoms with Gasteiger partial charge in [-0.3, -0.25) is 4.31 Å². The molecule has 3 aromatic rings. The highest BCUT2D eigenvalue weighted by Crippen LogP contribution is 2.57. The fourth-order valence-corrected chi connectivity index (χ4v) is 9.09. The van der Waals surface area contributed by atoms with E-state index >= 15 is 0 Å². The normalized spacial score (nSPS) is 21.3. The molecule has 5 rings (SSSR count). The van der Waals surface area contributed by atoms with E-state index in [0.717, 1.165) is 28.5 Å². The summed E-state index contributed by atoms with van der Waals surface area (Å²) in [6.45, 7) is 4.49. The molecule has 0 radical (unpaired) electrons. The third-order valence-corrected chi connectivity index (χ3v) is 11.7. The van der Waals surface area contributed by atoms with Gasteiger partial charge in [0, 0.05) is 26.5 Å². The highest BCUT2D eigenvalue weighted by atomic mass is 79.9. The molecular weight excluding hydrogens is 631 g/mol. The molecule has 6 nitrogen and oxygen atoms in total. The van der Waals surface area contributed by atoms with E-state index in [4.69, 9.17) is 23.2 Å². The lowest BCUT2D eigenvalue weighted by Gasteiger charge is -2.44. The Hall–Kier alpha value is -1.88. The standard InChI is InChI=1S/C27H25BrCl2N2O4S2/c1-18-3-2-4-26-27(18,15-16-31-37(33,34)22-10-6-20(29)7-11-22)24-17-19(28)5-14-25(24)32(26)38(35,36)23-12-8-21(30)9-13-23/h5-14,17,26,31H,1-4,15-16H2/t26-,27-/m0/s1. The monoisotopic (exact) mass is 654 g/mol. The van der Waals surface area contributed by atoms with Crippen LogP contribution in [0.3, 0.4) is 0 Å². The van der Waals surface area contributed by atoms with Crippen molar-refractivity contribution in [2.45, 2.75) is 46.9 Å². The van der Waals surface area contributed by atoms with Crippen LogP contribution in [0.1, 0.15) is 31.2 Å². The zero-order chi connectivity index (χ0) is 27.3. The predicted octanol–water partition coefficient (Wildman–Crippen LogP) is 6.68. The molecule has 1 N–H and O–H groups in total. The average molecular weight is 656 g/mol. The van der Waals surface area contributed by atoms with Gasteiger partial charge in [0.25, 0.3) is 10.0 Å². The third kappa shape index (κ3) is 4.71. The molecule has 0 spiro atoms. The van der Waals surface area contributed by atoms with Crippen LogP contribution in [0, 0.1) is 0 Å². The lowest BCUT2D eigenvalue weighted by atomic mass is 9.63. The van der Waals surface area contributed by atoms with E-state index < -0.39 is 31.5 Å². The lowest BCUT2D eigenvalue weighted by molar-refractivity contribution is 0.331. The summed E-state index contributed by atoms with van der Waals surface area (Å²) in [6, 6.07) is 17.2. The second-order valence-corrected chi connectivity index (χ2v) is 14.9. The first-order chi connectivity index (χ1) is 18.0. The molecule has 0 aromatic heterocycles. The predicted molar refractivity (Wildman–Crippen MR) is 155 cm³/mol. The van der Waals surface area contributed by atoms with E-state index in [1.807, 2.05) is 12.1 Å². The van der Waals surface area contributed by atoms with E-state index in [1.54, 1.807) is 18.2 Å². The third-order valence-electron chi connectivity index (χ3n) is 7.42. The maximum absolute atomic E-state index is 14.1. The molecule has 3 aromatic carbocycles. The second-order valence-electron chi connectivity index (χ2n) is 9.50. The summed E-state index contributed by atoms with van der Waals surface area (Å²) >= 11 is 15.5. The van der Waals surface area contributed by atoms with Crippen molar-refractivity contribution < 1.29 is 16.8 Å². The van der Waals surface area contributed by atoms with Crippen LogP contribution in [-0.4, -0.2) is 29.4 Å². The number of halogens is 3. The summed E-state index contributed by atoms with van der Waals surface area (Å²) in [6.07, 6.45) is 2.46. The fraction of sp³-hybridized carbons (Fsp3) is 0.259.